The molecule has 1 heterocycles. The molecule has 3 atom stereocenters. The van der Waals surface area contributed by atoms with Crippen LogP contribution in [0.5, 0.6) is 0 Å². The minimum atomic E-state index is 0.454. The molecule has 2 rings (SSSR count). The zero-order valence-electron chi connectivity index (χ0n) is 9.81. The molecular formula is C14H17NO. The van der Waals surface area contributed by atoms with Crippen LogP contribution in [0.15, 0.2) is 24.3 Å². The van der Waals surface area contributed by atoms with Crippen LogP contribution < -0.4 is 0 Å². The van der Waals surface area contributed by atoms with Crippen molar-refractivity contribution in [2.24, 2.45) is 0 Å². The summed E-state index contributed by atoms with van der Waals surface area (Å²) in [7, 11) is 0. The standard InChI is InChI=1S/C14H17NO/c1-3-13-14(16-13)8-10(2)12-6-4-11(9-15)5-7-12/h4-7,10,13-14H,3,8H2,1-2H3. The lowest BCUT2D eigenvalue weighted by atomic mass is 9.94. The van der Waals surface area contributed by atoms with E-state index in [-0.39, 0.29) is 0 Å². The maximum atomic E-state index is 8.72. The first kappa shape index (κ1) is 11.2. The first-order chi connectivity index (χ1) is 7.74. The van der Waals surface area contributed by atoms with Crippen LogP contribution in [-0.2, 0) is 4.74 Å². The molecule has 3 unspecified atom stereocenters. The normalized spacial score (nSPS) is 24.8. The van der Waals surface area contributed by atoms with Gasteiger partial charge in [0.25, 0.3) is 0 Å². The molecule has 2 nitrogen and oxygen atoms in total. The molecule has 0 spiro atoms. The van der Waals surface area contributed by atoms with Crippen molar-refractivity contribution in [3.63, 3.8) is 0 Å². The smallest absolute Gasteiger partial charge is 0.0991 e. The van der Waals surface area contributed by atoms with Crippen molar-refractivity contribution in [2.75, 3.05) is 0 Å². The van der Waals surface area contributed by atoms with Gasteiger partial charge in [-0.3, -0.25) is 0 Å². The lowest BCUT2D eigenvalue weighted by Crippen LogP contribution is -2.01. The summed E-state index contributed by atoms with van der Waals surface area (Å²) in [5.74, 6) is 0.509. The van der Waals surface area contributed by atoms with Crippen LogP contribution in [0.2, 0.25) is 0 Å². The molecular weight excluding hydrogens is 198 g/mol. The van der Waals surface area contributed by atoms with Crippen molar-refractivity contribution in [2.45, 2.75) is 44.8 Å². The zero-order valence-corrected chi connectivity index (χ0v) is 9.81. The number of rotatable bonds is 4. The minimum Gasteiger partial charge on any atom is -0.370 e. The van der Waals surface area contributed by atoms with Crippen molar-refractivity contribution in [3.8, 4) is 6.07 Å². The van der Waals surface area contributed by atoms with E-state index in [9.17, 15) is 0 Å². The van der Waals surface area contributed by atoms with Crippen LogP contribution in [0, 0.1) is 11.3 Å². The number of benzene rings is 1. The Labute approximate surface area is 96.9 Å². The molecule has 0 bridgehead atoms. The summed E-state index contributed by atoms with van der Waals surface area (Å²) >= 11 is 0. The summed E-state index contributed by atoms with van der Waals surface area (Å²) in [6.07, 6.45) is 3.14. The van der Waals surface area contributed by atoms with Gasteiger partial charge in [-0.2, -0.15) is 5.26 Å². The molecule has 1 aliphatic rings. The topological polar surface area (TPSA) is 36.3 Å². The molecule has 84 valence electrons. The van der Waals surface area contributed by atoms with Crippen LogP contribution >= 0.6 is 0 Å². The van der Waals surface area contributed by atoms with E-state index >= 15 is 0 Å². The van der Waals surface area contributed by atoms with Crippen molar-refractivity contribution in [3.05, 3.63) is 35.4 Å². The van der Waals surface area contributed by atoms with Gasteiger partial charge in [0.2, 0.25) is 0 Å². The van der Waals surface area contributed by atoms with Crippen LogP contribution in [0.3, 0.4) is 0 Å². The Balaban J connectivity index is 1.94. The Kier molecular flexibility index (Phi) is 3.26. The van der Waals surface area contributed by atoms with Crippen LogP contribution in [-0.4, -0.2) is 12.2 Å². The summed E-state index contributed by atoms with van der Waals surface area (Å²) in [4.78, 5) is 0. The number of hydrogen-bond donors (Lipinski definition) is 0. The van der Waals surface area contributed by atoms with Gasteiger partial charge in [-0.1, -0.05) is 26.0 Å². The Hall–Kier alpha value is -1.33. The second-order valence-corrected chi connectivity index (χ2v) is 4.49. The van der Waals surface area contributed by atoms with Crippen molar-refractivity contribution in [1.29, 1.82) is 5.26 Å². The van der Waals surface area contributed by atoms with E-state index in [1.807, 2.05) is 24.3 Å². The van der Waals surface area contributed by atoms with Crippen molar-refractivity contribution < 1.29 is 4.74 Å². The fraction of sp³-hybridized carbons (Fsp3) is 0.500. The molecule has 0 saturated carbocycles. The van der Waals surface area contributed by atoms with Crippen molar-refractivity contribution >= 4 is 0 Å². The van der Waals surface area contributed by atoms with Gasteiger partial charge in [-0.05, 0) is 36.5 Å². The molecule has 1 aromatic carbocycles. The highest BCUT2D eigenvalue weighted by molar-refractivity contribution is 5.32. The summed E-state index contributed by atoms with van der Waals surface area (Å²) in [5, 5.41) is 8.72. The molecule has 16 heavy (non-hydrogen) atoms. The molecule has 1 aliphatic heterocycles. The first-order valence-corrected chi connectivity index (χ1v) is 5.90. The average Bonchev–Trinajstić information content (AvgIpc) is 3.07. The van der Waals surface area contributed by atoms with Crippen LogP contribution in [0.4, 0.5) is 0 Å². The zero-order chi connectivity index (χ0) is 11.5. The fourth-order valence-corrected chi connectivity index (χ4v) is 2.12. The van der Waals surface area contributed by atoms with E-state index in [0.29, 0.717) is 18.1 Å². The molecule has 1 aromatic rings. The number of nitriles is 1. The van der Waals surface area contributed by atoms with E-state index in [1.165, 1.54) is 5.56 Å². The maximum absolute atomic E-state index is 8.72. The van der Waals surface area contributed by atoms with Gasteiger partial charge in [0.1, 0.15) is 0 Å². The largest absolute Gasteiger partial charge is 0.370 e. The molecule has 2 heteroatoms. The maximum Gasteiger partial charge on any atom is 0.0991 e. The first-order valence-electron chi connectivity index (χ1n) is 5.90. The van der Waals surface area contributed by atoms with Gasteiger partial charge in [-0.15, -0.1) is 0 Å². The molecule has 0 N–H and O–H groups in total. The van der Waals surface area contributed by atoms with Gasteiger partial charge in [0, 0.05) is 0 Å². The third-order valence-electron chi connectivity index (χ3n) is 3.28. The van der Waals surface area contributed by atoms with E-state index < -0.39 is 0 Å². The van der Waals surface area contributed by atoms with E-state index in [2.05, 4.69) is 19.9 Å². The fourth-order valence-electron chi connectivity index (χ4n) is 2.12. The van der Waals surface area contributed by atoms with Crippen LogP contribution in [0.25, 0.3) is 0 Å². The number of epoxide rings is 1. The lowest BCUT2D eigenvalue weighted by Gasteiger charge is -2.09. The van der Waals surface area contributed by atoms with Crippen LogP contribution in [0.1, 0.15) is 43.7 Å². The number of ether oxygens (including phenoxy) is 1. The third-order valence-corrected chi connectivity index (χ3v) is 3.28. The monoisotopic (exact) mass is 215 g/mol. The predicted octanol–water partition coefficient (Wildman–Crippen LogP) is 3.23. The predicted molar refractivity (Wildman–Crippen MR) is 63.1 cm³/mol. The van der Waals surface area contributed by atoms with E-state index in [0.717, 1.165) is 18.4 Å². The highest BCUT2D eigenvalue weighted by atomic mass is 16.6. The summed E-state index contributed by atoms with van der Waals surface area (Å²) in [6.45, 7) is 4.38. The lowest BCUT2D eigenvalue weighted by molar-refractivity contribution is 0.353. The Bertz CT molecular complexity index is 390. The molecule has 1 fully saturated rings. The Morgan fingerprint density at radius 3 is 2.50 bits per heavy atom. The summed E-state index contributed by atoms with van der Waals surface area (Å²) in [5.41, 5.74) is 2.02. The molecule has 1 saturated heterocycles. The SMILES string of the molecule is CCC1OC1CC(C)c1ccc(C#N)cc1. The number of hydrogen-bond acceptors (Lipinski definition) is 2. The molecule has 0 aliphatic carbocycles. The Morgan fingerprint density at radius 1 is 1.31 bits per heavy atom. The highest BCUT2D eigenvalue weighted by Gasteiger charge is 2.37. The third kappa shape index (κ3) is 2.43. The van der Waals surface area contributed by atoms with Gasteiger partial charge in [0.05, 0.1) is 23.8 Å². The van der Waals surface area contributed by atoms with Gasteiger partial charge >= 0.3 is 0 Å². The number of nitrogens with zero attached hydrogens (tertiary/aromatic N) is 1. The average molecular weight is 215 g/mol. The molecule has 0 radical (unpaired) electrons. The minimum absolute atomic E-state index is 0.454. The highest BCUT2D eigenvalue weighted by Crippen LogP contribution is 2.34. The quantitative estimate of drug-likeness (QED) is 0.723. The van der Waals surface area contributed by atoms with E-state index in [4.69, 9.17) is 10.00 Å². The second kappa shape index (κ2) is 4.67. The summed E-state index contributed by atoms with van der Waals surface area (Å²) < 4.78 is 5.55. The summed E-state index contributed by atoms with van der Waals surface area (Å²) in [6, 6.07) is 10.0. The van der Waals surface area contributed by atoms with E-state index in [1.54, 1.807) is 0 Å². The molecule has 0 amide bonds. The van der Waals surface area contributed by atoms with Gasteiger partial charge in [0.15, 0.2) is 0 Å². The van der Waals surface area contributed by atoms with Gasteiger partial charge < -0.3 is 4.74 Å². The Morgan fingerprint density at radius 2 is 2.00 bits per heavy atom. The van der Waals surface area contributed by atoms with Crippen molar-refractivity contribution in [1.82, 2.24) is 0 Å². The molecule has 0 aromatic heterocycles. The second-order valence-electron chi connectivity index (χ2n) is 4.49. The van der Waals surface area contributed by atoms with Gasteiger partial charge in [-0.25, -0.2) is 0 Å².